The van der Waals surface area contributed by atoms with Gasteiger partial charge in [0.2, 0.25) is 0 Å². The zero-order valence-electron chi connectivity index (χ0n) is 29.7. The molecule has 0 rings (SSSR count). The van der Waals surface area contributed by atoms with Gasteiger partial charge in [0.05, 0.1) is 6.61 Å². The number of ether oxygens (including phenoxy) is 2. The Hall–Kier alpha value is -1.21. The van der Waals surface area contributed by atoms with Crippen LogP contribution in [0.3, 0.4) is 0 Å². The van der Waals surface area contributed by atoms with Gasteiger partial charge >= 0.3 is 19.8 Å². The summed E-state index contributed by atoms with van der Waals surface area (Å²) >= 11 is 0. The van der Waals surface area contributed by atoms with Crippen molar-refractivity contribution in [2.45, 2.75) is 200 Å². The SMILES string of the molecule is CCCCCCCC/C=C\CCCCCCCC(=O)O[C@H](COC(=O)CCCCCCCCCCCCCCC)COP(=O)(O)O. The van der Waals surface area contributed by atoms with Gasteiger partial charge in [-0.1, -0.05) is 154 Å². The van der Waals surface area contributed by atoms with E-state index in [2.05, 4.69) is 30.5 Å². The summed E-state index contributed by atoms with van der Waals surface area (Å²) in [6.45, 7) is 3.67. The summed E-state index contributed by atoms with van der Waals surface area (Å²) in [5.74, 6) is -0.887. The van der Waals surface area contributed by atoms with Crippen molar-refractivity contribution in [2.24, 2.45) is 0 Å². The first-order valence-corrected chi connectivity index (χ1v) is 20.5. The van der Waals surface area contributed by atoms with Crippen molar-refractivity contribution >= 4 is 19.8 Å². The van der Waals surface area contributed by atoms with Crippen LogP contribution in [0.15, 0.2) is 12.2 Å². The molecule has 1 atom stereocenters. The van der Waals surface area contributed by atoms with Crippen LogP contribution in [0.5, 0.6) is 0 Å². The molecule has 46 heavy (non-hydrogen) atoms. The Labute approximate surface area is 282 Å². The number of unbranched alkanes of at least 4 members (excludes halogenated alkanes) is 23. The van der Waals surface area contributed by atoms with Crippen LogP contribution in [0.2, 0.25) is 0 Å². The molecule has 0 aromatic carbocycles. The van der Waals surface area contributed by atoms with E-state index < -0.39 is 32.5 Å². The highest BCUT2D eigenvalue weighted by Gasteiger charge is 2.22. The van der Waals surface area contributed by atoms with E-state index >= 15 is 0 Å². The number of carbonyl (C=O) groups is 2. The van der Waals surface area contributed by atoms with Crippen LogP contribution < -0.4 is 0 Å². The summed E-state index contributed by atoms with van der Waals surface area (Å²) in [5, 5.41) is 0. The van der Waals surface area contributed by atoms with Gasteiger partial charge in [0, 0.05) is 12.8 Å². The van der Waals surface area contributed by atoms with Crippen molar-refractivity contribution in [3.63, 3.8) is 0 Å². The van der Waals surface area contributed by atoms with Crippen LogP contribution in [0.4, 0.5) is 0 Å². The monoisotopic (exact) mass is 674 g/mol. The number of allylic oxidation sites excluding steroid dienone is 2. The summed E-state index contributed by atoms with van der Waals surface area (Å²) in [7, 11) is -4.74. The molecule has 0 aromatic heterocycles. The van der Waals surface area contributed by atoms with E-state index in [9.17, 15) is 14.2 Å². The molecular formula is C37H71O8P. The standard InChI is InChI=1S/C37H71O8P/c1-3-5-7-9-11-13-15-17-18-20-22-24-26-28-30-32-37(39)45-35(34-44-46(40,41)42)33-43-36(38)31-29-27-25-23-21-19-16-14-12-10-8-6-4-2/h17-18,35H,3-16,19-34H2,1-2H3,(H2,40,41,42)/b18-17-/t35-/m1/s1. The minimum Gasteiger partial charge on any atom is -0.462 e. The predicted molar refractivity (Wildman–Crippen MR) is 189 cm³/mol. The lowest BCUT2D eigenvalue weighted by Gasteiger charge is -2.18. The Morgan fingerprint density at radius 1 is 0.543 bits per heavy atom. The summed E-state index contributed by atoms with van der Waals surface area (Å²) in [5.41, 5.74) is 0. The molecule has 0 heterocycles. The van der Waals surface area contributed by atoms with Crippen LogP contribution in [0, 0.1) is 0 Å². The molecule has 0 aliphatic heterocycles. The van der Waals surface area contributed by atoms with Gasteiger partial charge in [0.1, 0.15) is 6.61 Å². The first-order chi connectivity index (χ1) is 22.3. The fourth-order valence-electron chi connectivity index (χ4n) is 5.43. The molecule has 0 saturated heterocycles. The zero-order valence-corrected chi connectivity index (χ0v) is 30.6. The Balaban J connectivity index is 3.96. The van der Waals surface area contributed by atoms with Gasteiger partial charge < -0.3 is 19.3 Å². The second-order valence-corrected chi connectivity index (χ2v) is 14.1. The predicted octanol–water partition coefficient (Wildman–Crippen LogP) is 11.1. The number of phosphoric ester groups is 1. The molecule has 0 radical (unpaired) electrons. The third kappa shape index (κ3) is 35.6. The highest BCUT2D eigenvalue weighted by atomic mass is 31.2. The van der Waals surface area contributed by atoms with Gasteiger partial charge in [-0.2, -0.15) is 0 Å². The van der Waals surface area contributed by atoms with Crippen molar-refractivity contribution in [3.8, 4) is 0 Å². The molecule has 0 saturated carbocycles. The number of phosphoric acid groups is 1. The molecule has 272 valence electrons. The summed E-state index contributed by atoms with van der Waals surface area (Å²) in [6.07, 6.45) is 35.0. The third-order valence-corrected chi connectivity index (χ3v) is 8.77. The van der Waals surface area contributed by atoms with E-state index in [1.54, 1.807) is 0 Å². The maximum Gasteiger partial charge on any atom is 0.469 e. The molecule has 0 unspecified atom stereocenters. The molecule has 8 nitrogen and oxygen atoms in total. The van der Waals surface area contributed by atoms with Gasteiger partial charge in [-0.05, 0) is 38.5 Å². The number of hydrogen-bond acceptors (Lipinski definition) is 6. The third-order valence-electron chi connectivity index (χ3n) is 8.28. The van der Waals surface area contributed by atoms with Crippen molar-refractivity contribution in [2.75, 3.05) is 13.2 Å². The molecule has 0 bridgehead atoms. The first kappa shape index (κ1) is 44.8. The van der Waals surface area contributed by atoms with E-state index in [1.165, 1.54) is 109 Å². The molecule has 0 aromatic rings. The lowest BCUT2D eigenvalue weighted by molar-refractivity contribution is -0.161. The van der Waals surface area contributed by atoms with Crippen molar-refractivity contribution in [1.82, 2.24) is 0 Å². The lowest BCUT2D eigenvalue weighted by Crippen LogP contribution is -2.29. The van der Waals surface area contributed by atoms with E-state index in [0.29, 0.717) is 6.42 Å². The highest BCUT2D eigenvalue weighted by molar-refractivity contribution is 7.46. The molecule has 0 aliphatic carbocycles. The van der Waals surface area contributed by atoms with E-state index in [4.69, 9.17) is 19.3 Å². The molecule has 9 heteroatoms. The molecule has 2 N–H and O–H groups in total. The molecule has 0 spiro atoms. The fourth-order valence-corrected chi connectivity index (χ4v) is 5.79. The number of carbonyl (C=O) groups excluding carboxylic acids is 2. The quantitative estimate of drug-likeness (QED) is 0.0295. The molecule has 0 aliphatic rings. The van der Waals surface area contributed by atoms with Crippen LogP contribution in [0.25, 0.3) is 0 Å². The minimum atomic E-state index is -4.74. The Bertz CT molecular complexity index is 766. The Morgan fingerprint density at radius 3 is 1.33 bits per heavy atom. The maximum atomic E-state index is 12.3. The molecule has 0 amide bonds. The molecule has 0 fully saturated rings. The number of hydrogen-bond donors (Lipinski definition) is 2. The topological polar surface area (TPSA) is 119 Å². The number of rotatable bonds is 35. The largest absolute Gasteiger partial charge is 0.469 e. The summed E-state index contributed by atoms with van der Waals surface area (Å²) in [4.78, 5) is 42.7. The Kier molecular flexibility index (Phi) is 32.8. The minimum absolute atomic E-state index is 0.206. The van der Waals surface area contributed by atoms with Crippen molar-refractivity contribution < 1.29 is 37.9 Å². The van der Waals surface area contributed by atoms with Crippen molar-refractivity contribution in [3.05, 3.63) is 12.2 Å². The zero-order chi connectivity index (χ0) is 34.0. The Morgan fingerprint density at radius 2 is 0.913 bits per heavy atom. The highest BCUT2D eigenvalue weighted by Crippen LogP contribution is 2.36. The fraction of sp³-hybridized carbons (Fsp3) is 0.892. The van der Waals surface area contributed by atoms with Crippen LogP contribution >= 0.6 is 7.82 Å². The summed E-state index contributed by atoms with van der Waals surface area (Å²) < 4.78 is 26.3. The second kappa shape index (κ2) is 33.7. The van der Waals surface area contributed by atoms with Crippen LogP contribution in [0.1, 0.15) is 194 Å². The van der Waals surface area contributed by atoms with Gasteiger partial charge in [0.15, 0.2) is 6.10 Å². The van der Waals surface area contributed by atoms with E-state index in [-0.39, 0.29) is 19.4 Å². The van der Waals surface area contributed by atoms with Crippen molar-refractivity contribution in [1.29, 1.82) is 0 Å². The van der Waals surface area contributed by atoms with Gasteiger partial charge in [-0.3, -0.25) is 14.1 Å². The van der Waals surface area contributed by atoms with Gasteiger partial charge in [0.25, 0.3) is 0 Å². The average molecular weight is 675 g/mol. The maximum absolute atomic E-state index is 12.3. The van der Waals surface area contributed by atoms with Gasteiger partial charge in [-0.15, -0.1) is 0 Å². The average Bonchev–Trinajstić information content (AvgIpc) is 3.02. The van der Waals surface area contributed by atoms with E-state index in [0.717, 1.165) is 51.4 Å². The van der Waals surface area contributed by atoms with E-state index in [1.807, 2.05) is 0 Å². The number of esters is 2. The second-order valence-electron chi connectivity index (χ2n) is 12.9. The lowest BCUT2D eigenvalue weighted by atomic mass is 10.0. The normalized spacial score (nSPS) is 12.5. The molecular weight excluding hydrogens is 603 g/mol. The smallest absolute Gasteiger partial charge is 0.462 e. The first-order valence-electron chi connectivity index (χ1n) is 19.0. The van der Waals surface area contributed by atoms with Gasteiger partial charge in [-0.25, -0.2) is 4.57 Å². The van der Waals surface area contributed by atoms with Crippen LogP contribution in [-0.2, 0) is 28.2 Å². The van der Waals surface area contributed by atoms with Crippen LogP contribution in [-0.4, -0.2) is 41.0 Å². The summed E-state index contributed by atoms with van der Waals surface area (Å²) in [6, 6.07) is 0.